The Morgan fingerprint density at radius 1 is 0.921 bits per heavy atom. The number of amides is 1. The Kier molecular flexibility index (Phi) is 7.70. The van der Waals surface area contributed by atoms with Gasteiger partial charge < -0.3 is 14.0 Å². The van der Waals surface area contributed by atoms with E-state index in [1.807, 2.05) is 79.1 Å². The molecule has 5 rings (SSSR count). The van der Waals surface area contributed by atoms with Crippen LogP contribution in [0.4, 0.5) is 5.69 Å². The predicted octanol–water partition coefficient (Wildman–Crippen LogP) is 6.67. The quantitative estimate of drug-likeness (QED) is 0.198. The molecule has 6 heteroatoms. The number of hydrogen-bond donors (Lipinski definition) is 0. The molecule has 1 amide bonds. The fourth-order valence-corrected chi connectivity index (χ4v) is 4.87. The molecule has 0 saturated heterocycles. The van der Waals surface area contributed by atoms with Crippen molar-refractivity contribution in [3.05, 3.63) is 102 Å². The molecule has 0 fully saturated rings. The number of benzene rings is 4. The lowest BCUT2D eigenvalue weighted by molar-refractivity contribution is -0.120. The summed E-state index contributed by atoms with van der Waals surface area (Å²) in [7, 11) is 0. The maximum atomic E-state index is 13.9. The zero-order valence-corrected chi connectivity index (χ0v) is 22.2. The fraction of sp³-hybridized carbons (Fsp3) is 0.250. The molecule has 0 bridgehead atoms. The first-order valence-electron chi connectivity index (χ1n) is 13.1. The van der Waals surface area contributed by atoms with Gasteiger partial charge in [-0.2, -0.15) is 0 Å². The second kappa shape index (κ2) is 11.5. The van der Waals surface area contributed by atoms with Crippen LogP contribution in [0.2, 0.25) is 0 Å². The Hall–Kier alpha value is -4.16. The average molecular weight is 508 g/mol. The van der Waals surface area contributed by atoms with Gasteiger partial charge in [-0.3, -0.25) is 9.69 Å². The number of nitrogens with zero attached hydrogens (tertiary/aromatic N) is 3. The first-order chi connectivity index (χ1) is 18.6. The highest BCUT2D eigenvalue weighted by Crippen LogP contribution is 2.28. The summed E-state index contributed by atoms with van der Waals surface area (Å²) in [6, 6.07) is 28.3. The van der Waals surface area contributed by atoms with Crippen LogP contribution < -0.4 is 9.64 Å². The van der Waals surface area contributed by atoms with Gasteiger partial charge in [-0.25, -0.2) is 4.98 Å². The van der Waals surface area contributed by atoms with Gasteiger partial charge in [0.15, 0.2) is 0 Å². The van der Waals surface area contributed by atoms with E-state index in [9.17, 15) is 4.79 Å². The zero-order valence-electron chi connectivity index (χ0n) is 22.2. The van der Waals surface area contributed by atoms with Crippen LogP contribution in [0.15, 0.2) is 84.9 Å². The van der Waals surface area contributed by atoms with Gasteiger partial charge in [0.1, 0.15) is 31.5 Å². The fourth-order valence-electron chi connectivity index (χ4n) is 4.87. The van der Waals surface area contributed by atoms with Crippen molar-refractivity contribution in [2.75, 3.05) is 18.2 Å². The summed E-state index contributed by atoms with van der Waals surface area (Å²) in [6.45, 7) is 7.17. The third-order valence-electron chi connectivity index (χ3n) is 6.81. The summed E-state index contributed by atoms with van der Waals surface area (Å²) in [5, 5.41) is 2.28. The van der Waals surface area contributed by atoms with Gasteiger partial charge in [-0.15, -0.1) is 0 Å². The number of carbonyl (C=O) groups is 1. The number of fused-ring (bicyclic) bond motifs is 2. The first-order valence-corrected chi connectivity index (χ1v) is 13.1. The summed E-state index contributed by atoms with van der Waals surface area (Å²) in [6.07, 6.45) is 0.825. The lowest BCUT2D eigenvalue weighted by Crippen LogP contribution is -2.37. The Labute approximate surface area is 223 Å². The van der Waals surface area contributed by atoms with E-state index in [2.05, 4.69) is 31.2 Å². The van der Waals surface area contributed by atoms with Crippen LogP contribution in [0, 0.1) is 6.92 Å². The molecular formula is C32H33N3O3. The average Bonchev–Trinajstić information content (AvgIpc) is 3.29. The van der Waals surface area contributed by atoms with Crippen molar-refractivity contribution >= 4 is 33.4 Å². The Morgan fingerprint density at radius 3 is 2.53 bits per heavy atom. The van der Waals surface area contributed by atoms with Crippen molar-refractivity contribution in [3.63, 3.8) is 0 Å². The smallest absolute Gasteiger partial charge is 0.248 e. The summed E-state index contributed by atoms with van der Waals surface area (Å²) >= 11 is 0. The third kappa shape index (κ3) is 5.27. The van der Waals surface area contributed by atoms with Gasteiger partial charge in [0.2, 0.25) is 5.91 Å². The number of imidazole rings is 1. The highest BCUT2D eigenvalue weighted by molar-refractivity contribution is 5.95. The first kappa shape index (κ1) is 25.5. The van der Waals surface area contributed by atoms with Crippen molar-refractivity contribution in [2.45, 2.75) is 40.3 Å². The monoisotopic (exact) mass is 507 g/mol. The summed E-state index contributed by atoms with van der Waals surface area (Å²) in [5.74, 6) is 1.40. The minimum atomic E-state index is -0.0578. The number of rotatable bonds is 10. The van der Waals surface area contributed by atoms with Crippen LogP contribution in [0.5, 0.6) is 5.75 Å². The largest absolute Gasteiger partial charge is 0.486 e. The number of aryl methyl sites for hydroxylation is 2. The van der Waals surface area contributed by atoms with Gasteiger partial charge in [-0.05, 0) is 66.4 Å². The second-order valence-corrected chi connectivity index (χ2v) is 9.28. The predicted molar refractivity (Wildman–Crippen MR) is 153 cm³/mol. The standard InChI is InChI=1S/C32H33N3O3/c1-4-24-14-10-11-23(3)32(24)35(22-37-5-2)31(36)20-34-29-16-9-8-15-28(29)33-30(34)21-38-27-18-17-25-12-6-7-13-26(25)19-27/h6-19H,4-5,20-22H2,1-3H3. The van der Waals surface area contributed by atoms with E-state index >= 15 is 0 Å². The minimum absolute atomic E-state index is 0.0578. The second-order valence-electron chi connectivity index (χ2n) is 9.28. The van der Waals surface area contributed by atoms with E-state index in [0.29, 0.717) is 12.4 Å². The molecule has 0 atom stereocenters. The van der Waals surface area contributed by atoms with Crippen molar-refractivity contribution in [2.24, 2.45) is 0 Å². The molecule has 0 aliphatic rings. The minimum Gasteiger partial charge on any atom is -0.486 e. The third-order valence-corrected chi connectivity index (χ3v) is 6.81. The van der Waals surface area contributed by atoms with E-state index in [-0.39, 0.29) is 25.8 Å². The molecule has 0 radical (unpaired) electrons. The maximum Gasteiger partial charge on any atom is 0.248 e. The molecule has 5 aromatic rings. The molecule has 0 aliphatic heterocycles. The molecule has 0 spiro atoms. The molecule has 194 valence electrons. The van der Waals surface area contributed by atoms with Crippen LogP contribution in [-0.2, 0) is 29.1 Å². The molecule has 6 nitrogen and oxygen atoms in total. The van der Waals surface area contributed by atoms with Crippen LogP contribution in [0.3, 0.4) is 0 Å². The van der Waals surface area contributed by atoms with Crippen LogP contribution in [0.1, 0.15) is 30.8 Å². The molecule has 1 heterocycles. The number of hydrogen-bond acceptors (Lipinski definition) is 4. The lowest BCUT2D eigenvalue weighted by Gasteiger charge is -2.27. The van der Waals surface area contributed by atoms with Gasteiger partial charge in [0.05, 0.1) is 16.7 Å². The molecule has 4 aromatic carbocycles. The van der Waals surface area contributed by atoms with Crippen molar-refractivity contribution < 1.29 is 14.3 Å². The number of ether oxygens (including phenoxy) is 2. The normalized spacial score (nSPS) is 11.2. The van der Waals surface area contributed by atoms with E-state index in [1.54, 1.807) is 4.90 Å². The zero-order chi connectivity index (χ0) is 26.5. The van der Waals surface area contributed by atoms with Gasteiger partial charge >= 0.3 is 0 Å². The molecule has 0 unspecified atom stereocenters. The number of aromatic nitrogens is 2. The summed E-state index contributed by atoms with van der Waals surface area (Å²) < 4.78 is 13.9. The van der Waals surface area contributed by atoms with E-state index in [4.69, 9.17) is 14.5 Å². The van der Waals surface area contributed by atoms with Crippen LogP contribution >= 0.6 is 0 Å². The molecule has 38 heavy (non-hydrogen) atoms. The van der Waals surface area contributed by atoms with Crippen molar-refractivity contribution in [1.29, 1.82) is 0 Å². The molecule has 0 saturated carbocycles. The molecular weight excluding hydrogens is 474 g/mol. The summed E-state index contributed by atoms with van der Waals surface area (Å²) in [4.78, 5) is 20.5. The summed E-state index contributed by atoms with van der Waals surface area (Å²) in [5.41, 5.74) is 4.82. The Morgan fingerprint density at radius 2 is 1.71 bits per heavy atom. The van der Waals surface area contributed by atoms with E-state index in [1.165, 1.54) is 0 Å². The van der Waals surface area contributed by atoms with Crippen LogP contribution in [0.25, 0.3) is 21.8 Å². The Balaban J connectivity index is 1.46. The number of para-hydroxylation sites is 3. The molecule has 0 N–H and O–H groups in total. The maximum absolute atomic E-state index is 13.9. The topological polar surface area (TPSA) is 56.6 Å². The van der Waals surface area contributed by atoms with E-state index in [0.717, 1.165) is 50.8 Å². The van der Waals surface area contributed by atoms with Crippen molar-refractivity contribution in [1.82, 2.24) is 9.55 Å². The van der Waals surface area contributed by atoms with Gasteiger partial charge in [-0.1, -0.05) is 67.6 Å². The van der Waals surface area contributed by atoms with Crippen molar-refractivity contribution in [3.8, 4) is 5.75 Å². The van der Waals surface area contributed by atoms with Crippen LogP contribution in [-0.4, -0.2) is 28.8 Å². The number of carbonyl (C=O) groups excluding carboxylic acids is 1. The lowest BCUT2D eigenvalue weighted by atomic mass is 10.0. The molecule has 0 aliphatic carbocycles. The number of anilines is 1. The van der Waals surface area contributed by atoms with Gasteiger partial charge in [0, 0.05) is 6.61 Å². The van der Waals surface area contributed by atoms with Gasteiger partial charge in [0.25, 0.3) is 0 Å². The molecule has 1 aromatic heterocycles. The highest BCUT2D eigenvalue weighted by Gasteiger charge is 2.23. The highest BCUT2D eigenvalue weighted by atomic mass is 16.5. The van der Waals surface area contributed by atoms with E-state index < -0.39 is 0 Å². The SMILES string of the molecule is CCOCN(C(=O)Cn1c(COc2ccc3ccccc3c2)nc2ccccc21)c1c(C)cccc1CC. The Bertz CT molecular complexity index is 1570.